The predicted molar refractivity (Wildman–Crippen MR) is 59.5 cm³/mol. The SMILES string of the molecule is CCOC(=O)c1c(CN)ncc(C)c1OC(F)(F)F. The predicted octanol–water partition coefficient (Wildman–Crippen LogP) is 1.92. The summed E-state index contributed by atoms with van der Waals surface area (Å²) >= 11 is 0. The van der Waals surface area contributed by atoms with E-state index in [1.54, 1.807) is 0 Å². The summed E-state index contributed by atoms with van der Waals surface area (Å²) in [6, 6.07) is 0. The van der Waals surface area contributed by atoms with Crippen molar-refractivity contribution >= 4 is 5.97 Å². The lowest BCUT2D eigenvalue weighted by molar-refractivity contribution is -0.275. The molecule has 0 aliphatic carbocycles. The van der Waals surface area contributed by atoms with Gasteiger partial charge in [-0.3, -0.25) is 4.98 Å². The zero-order valence-electron chi connectivity index (χ0n) is 10.4. The summed E-state index contributed by atoms with van der Waals surface area (Å²) in [4.78, 5) is 15.5. The molecule has 0 spiro atoms. The largest absolute Gasteiger partial charge is 0.573 e. The van der Waals surface area contributed by atoms with Gasteiger partial charge in [0.25, 0.3) is 0 Å². The molecule has 106 valence electrons. The molecule has 0 aliphatic heterocycles. The minimum absolute atomic E-state index is 0.0108. The molecule has 19 heavy (non-hydrogen) atoms. The van der Waals surface area contributed by atoms with Crippen molar-refractivity contribution in [2.75, 3.05) is 6.61 Å². The van der Waals surface area contributed by atoms with Crippen LogP contribution < -0.4 is 10.5 Å². The number of ether oxygens (including phenoxy) is 2. The molecule has 1 aromatic heterocycles. The summed E-state index contributed by atoms with van der Waals surface area (Å²) in [7, 11) is 0. The van der Waals surface area contributed by atoms with Crippen molar-refractivity contribution in [2.45, 2.75) is 26.8 Å². The highest BCUT2D eigenvalue weighted by Crippen LogP contribution is 2.31. The minimum Gasteiger partial charge on any atom is -0.462 e. The second-order valence-electron chi connectivity index (χ2n) is 3.56. The molecule has 0 amide bonds. The Labute approximate surface area is 107 Å². The fraction of sp³-hybridized carbons (Fsp3) is 0.455. The Morgan fingerprint density at radius 3 is 2.58 bits per heavy atom. The maximum absolute atomic E-state index is 12.4. The Balaban J connectivity index is 3.36. The lowest BCUT2D eigenvalue weighted by Crippen LogP contribution is -2.22. The lowest BCUT2D eigenvalue weighted by Gasteiger charge is -2.16. The van der Waals surface area contributed by atoms with Crippen LogP contribution >= 0.6 is 0 Å². The van der Waals surface area contributed by atoms with Gasteiger partial charge in [0, 0.05) is 18.3 Å². The van der Waals surface area contributed by atoms with Crippen LogP contribution in [0.15, 0.2) is 6.20 Å². The van der Waals surface area contributed by atoms with Gasteiger partial charge in [-0.05, 0) is 13.8 Å². The third-order valence-corrected chi connectivity index (χ3v) is 2.18. The molecule has 0 atom stereocenters. The van der Waals surface area contributed by atoms with Gasteiger partial charge in [-0.1, -0.05) is 0 Å². The first kappa shape index (κ1) is 15.2. The molecule has 0 unspecified atom stereocenters. The second-order valence-corrected chi connectivity index (χ2v) is 3.56. The van der Waals surface area contributed by atoms with Crippen LogP contribution in [0.5, 0.6) is 5.75 Å². The van der Waals surface area contributed by atoms with E-state index in [1.165, 1.54) is 13.8 Å². The Morgan fingerprint density at radius 2 is 2.11 bits per heavy atom. The maximum atomic E-state index is 12.4. The minimum atomic E-state index is -4.92. The van der Waals surface area contributed by atoms with E-state index in [0.29, 0.717) is 0 Å². The molecule has 1 rings (SSSR count). The average molecular weight is 278 g/mol. The Morgan fingerprint density at radius 1 is 1.47 bits per heavy atom. The fourth-order valence-electron chi connectivity index (χ4n) is 1.44. The fourth-order valence-corrected chi connectivity index (χ4v) is 1.44. The maximum Gasteiger partial charge on any atom is 0.573 e. The third kappa shape index (κ3) is 3.82. The molecule has 0 bridgehead atoms. The average Bonchev–Trinajstić information content (AvgIpc) is 2.30. The molecule has 0 radical (unpaired) electrons. The Hall–Kier alpha value is -1.83. The number of nitrogens with two attached hydrogens (primary N) is 1. The number of carbonyl (C=O) groups excluding carboxylic acids is 1. The Kier molecular flexibility index (Phi) is 4.71. The van der Waals surface area contributed by atoms with Crippen LogP contribution in [0, 0.1) is 6.92 Å². The molecule has 1 heterocycles. The van der Waals surface area contributed by atoms with E-state index >= 15 is 0 Å². The molecular weight excluding hydrogens is 265 g/mol. The van der Waals surface area contributed by atoms with Crippen LogP contribution in [-0.2, 0) is 11.3 Å². The number of halogens is 3. The summed E-state index contributed by atoms with van der Waals surface area (Å²) in [5.41, 5.74) is 5.03. The van der Waals surface area contributed by atoms with Crippen molar-refractivity contribution in [3.8, 4) is 5.75 Å². The molecule has 1 aromatic rings. The van der Waals surface area contributed by atoms with E-state index in [4.69, 9.17) is 10.5 Å². The quantitative estimate of drug-likeness (QED) is 0.852. The first-order chi connectivity index (χ1) is 8.80. The van der Waals surface area contributed by atoms with Gasteiger partial charge in [-0.2, -0.15) is 0 Å². The van der Waals surface area contributed by atoms with Crippen molar-refractivity contribution in [1.82, 2.24) is 4.98 Å². The topological polar surface area (TPSA) is 74.4 Å². The van der Waals surface area contributed by atoms with E-state index in [0.717, 1.165) is 6.20 Å². The van der Waals surface area contributed by atoms with Crippen LogP contribution in [-0.4, -0.2) is 23.9 Å². The molecule has 0 saturated heterocycles. The van der Waals surface area contributed by atoms with Crippen LogP contribution in [0.3, 0.4) is 0 Å². The van der Waals surface area contributed by atoms with Crippen molar-refractivity contribution in [3.05, 3.63) is 23.0 Å². The third-order valence-electron chi connectivity index (χ3n) is 2.18. The van der Waals surface area contributed by atoms with Crippen LogP contribution in [0.1, 0.15) is 28.5 Å². The van der Waals surface area contributed by atoms with E-state index in [-0.39, 0.29) is 30.0 Å². The van der Waals surface area contributed by atoms with Gasteiger partial charge in [-0.25, -0.2) is 4.79 Å². The first-order valence-electron chi connectivity index (χ1n) is 5.41. The van der Waals surface area contributed by atoms with Crippen LogP contribution in [0.25, 0.3) is 0 Å². The molecule has 0 aliphatic rings. The lowest BCUT2D eigenvalue weighted by atomic mass is 10.1. The number of aryl methyl sites for hydroxylation is 1. The zero-order valence-corrected chi connectivity index (χ0v) is 10.4. The number of hydrogen-bond acceptors (Lipinski definition) is 5. The molecular formula is C11H13F3N2O3. The normalized spacial score (nSPS) is 11.3. The number of aromatic nitrogens is 1. The number of carbonyl (C=O) groups is 1. The smallest absolute Gasteiger partial charge is 0.462 e. The second kappa shape index (κ2) is 5.87. The summed E-state index contributed by atoms with van der Waals surface area (Å²) in [5, 5.41) is 0. The van der Waals surface area contributed by atoms with Gasteiger partial charge in [0.15, 0.2) is 0 Å². The summed E-state index contributed by atoms with van der Waals surface area (Å²) in [6.07, 6.45) is -3.76. The van der Waals surface area contributed by atoms with Crippen molar-refractivity contribution in [2.24, 2.45) is 5.73 Å². The highest BCUT2D eigenvalue weighted by Gasteiger charge is 2.35. The van der Waals surface area contributed by atoms with Crippen molar-refractivity contribution in [1.29, 1.82) is 0 Å². The monoisotopic (exact) mass is 278 g/mol. The van der Waals surface area contributed by atoms with Crippen LogP contribution in [0.2, 0.25) is 0 Å². The number of rotatable bonds is 4. The number of pyridine rings is 1. The van der Waals surface area contributed by atoms with Gasteiger partial charge in [0.05, 0.1) is 12.3 Å². The van der Waals surface area contributed by atoms with Gasteiger partial charge < -0.3 is 15.2 Å². The molecule has 0 aromatic carbocycles. The first-order valence-corrected chi connectivity index (χ1v) is 5.41. The van der Waals surface area contributed by atoms with E-state index in [1.807, 2.05) is 0 Å². The Bertz CT molecular complexity index is 475. The molecule has 5 nitrogen and oxygen atoms in total. The van der Waals surface area contributed by atoms with E-state index < -0.39 is 18.1 Å². The van der Waals surface area contributed by atoms with E-state index in [9.17, 15) is 18.0 Å². The standard InChI is InChI=1S/C11H13F3N2O3/c1-3-18-10(17)8-7(4-15)16-5-6(2)9(8)19-11(12,13)14/h5H,3-4,15H2,1-2H3. The van der Waals surface area contributed by atoms with Gasteiger partial charge in [0.1, 0.15) is 11.3 Å². The molecule has 0 saturated carbocycles. The number of alkyl halides is 3. The van der Waals surface area contributed by atoms with Gasteiger partial charge in [-0.15, -0.1) is 13.2 Å². The van der Waals surface area contributed by atoms with Gasteiger partial charge >= 0.3 is 12.3 Å². The molecule has 2 N–H and O–H groups in total. The van der Waals surface area contributed by atoms with Gasteiger partial charge in [0.2, 0.25) is 0 Å². The zero-order chi connectivity index (χ0) is 14.6. The molecule has 8 heteroatoms. The van der Waals surface area contributed by atoms with Crippen molar-refractivity contribution < 1.29 is 27.4 Å². The van der Waals surface area contributed by atoms with Crippen LogP contribution in [0.4, 0.5) is 13.2 Å². The van der Waals surface area contributed by atoms with E-state index in [2.05, 4.69) is 9.72 Å². The summed E-state index contributed by atoms with van der Waals surface area (Å²) in [6.45, 7) is 2.69. The summed E-state index contributed by atoms with van der Waals surface area (Å²) < 4.78 is 45.7. The number of hydrogen-bond donors (Lipinski definition) is 1. The highest BCUT2D eigenvalue weighted by atomic mass is 19.4. The summed E-state index contributed by atoms with van der Waals surface area (Å²) in [5.74, 6) is -1.57. The molecule has 0 fully saturated rings. The number of esters is 1. The highest BCUT2D eigenvalue weighted by molar-refractivity contribution is 5.94. The number of nitrogens with zero attached hydrogens (tertiary/aromatic N) is 1. The van der Waals surface area contributed by atoms with Crippen molar-refractivity contribution in [3.63, 3.8) is 0 Å².